The number of aromatic nitrogens is 1. The van der Waals surface area contributed by atoms with Crippen LogP contribution in [0.15, 0.2) is 23.6 Å². The van der Waals surface area contributed by atoms with E-state index in [1.54, 1.807) is 17.4 Å². The molecule has 106 valence electrons. The minimum atomic E-state index is -1.67. The summed E-state index contributed by atoms with van der Waals surface area (Å²) in [4.78, 5) is 6.38. The second-order valence-corrected chi connectivity index (χ2v) is 5.81. The van der Waals surface area contributed by atoms with Crippen molar-refractivity contribution in [3.8, 4) is 0 Å². The van der Waals surface area contributed by atoms with Crippen molar-refractivity contribution in [2.75, 3.05) is 7.05 Å². The topological polar surface area (TPSA) is 56.6 Å². The molecule has 2 N–H and O–H groups in total. The van der Waals surface area contributed by atoms with Crippen LogP contribution in [0, 0.1) is 12.7 Å². The van der Waals surface area contributed by atoms with Crippen molar-refractivity contribution in [2.45, 2.75) is 20.0 Å². The molecule has 2 aromatic rings. The Hall–Kier alpha value is -1.28. The number of thiazole rings is 1. The summed E-state index contributed by atoms with van der Waals surface area (Å²) in [5, 5.41) is 21.6. The highest BCUT2D eigenvalue weighted by Crippen LogP contribution is 2.11. The fraction of sp³-hybridized carbons (Fsp3) is 0.308. The maximum absolute atomic E-state index is 13.2. The van der Waals surface area contributed by atoms with E-state index in [0.717, 1.165) is 16.8 Å². The molecule has 7 heteroatoms. The molecule has 2 rings (SSSR count). The molecule has 0 saturated carbocycles. The van der Waals surface area contributed by atoms with Gasteiger partial charge in [-0.25, -0.2) is 9.37 Å². The van der Waals surface area contributed by atoms with Crippen molar-refractivity contribution in [3.05, 3.63) is 45.7 Å². The number of rotatable bonds is 5. The van der Waals surface area contributed by atoms with Crippen LogP contribution in [0.2, 0.25) is 0 Å². The number of nitrogens with zero attached hydrogens (tertiary/aromatic N) is 2. The second-order valence-electron chi connectivity index (χ2n) is 4.75. The summed E-state index contributed by atoms with van der Waals surface area (Å²) in [6.45, 7) is 3.10. The van der Waals surface area contributed by atoms with E-state index in [4.69, 9.17) is 0 Å². The fourth-order valence-electron chi connectivity index (χ4n) is 2.05. The molecular formula is C13H16BFN2O2S. The Morgan fingerprint density at radius 3 is 2.70 bits per heavy atom. The van der Waals surface area contributed by atoms with E-state index in [2.05, 4.69) is 4.98 Å². The van der Waals surface area contributed by atoms with E-state index in [0.29, 0.717) is 18.7 Å². The van der Waals surface area contributed by atoms with Gasteiger partial charge in [0.2, 0.25) is 0 Å². The molecule has 0 fully saturated rings. The Bertz CT molecular complexity index is 592. The first-order chi connectivity index (χ1) is 9.45. The zero-order chi connectivity index (χ0) is 14.7. The highest BCUT2D eigenvalue weighted by molar-refractivity contribution is 7.09. The summed E-state index contributed by atoms with van der Waals surface area (Å²) in [5.41, 5.74) is 1.87. The Morgan fingerprint density at radius 1 is 1.35 bits per heavy atom. The number of hydrogen-bond donors (Lipinski definition) is 2. The summed E-state index contributed by atoms with van der Waals surface area (Å²) in [7, 11) is 0.238. The number of benzene rings is 1. The Balaban J connectivity index is 2.09. The SMILES string of the molecule is Cc1nc(CN(C)Cc2ccc(F)cc2B(O)O)cs1. The van der Waals surface area contributed by atoms with E-state index in [9.17, 15) is 14.4 Å². The largest absolute Gasteiger partial charge is 0.488 e. The van der Waals surface area contributed by atoms with Crippen LogP contribution in [0.25, 0.3) is 0 Å². The highest BCUT2D eigenvalue weighted by atomic mass is 32.1. The van der Waals surface area contributed by atoms with Gasteiger partial charge in [-0.05, 0) is 37.1 Å². The third-order valence-corrected chi connectivity index (χ3v) is 3.75. The molecule has 1 heterocycles. The quantitative estimate of drug-likeness (QED) is 0.805. The molecule has 0 spiro atoms. The smallest absolute Gasteiger partial charge is 0.423 e. The molecule has 0 unspecified atom stereocenters. The van der Waals surface area contributed by atoms with E-state index < -0.39 is 12.9 Å². The van der Waals surface area contributed by atoms with Crippen molar-refractivity contribution >= 4 is 23.9 Å². The zero-order valence-electron chi connectivity index (χ0n) is 11.4. The molecule has 0 saturated heterocycles. The van der Waals surface area contributed by atoms with Crippen LogP contribution in [0.4, 0.5) is 4.39 Å². The van der Waals surface area contributed by atoms with Gasteiger partial charge in [-0.15, -0.1) is 11.3 Å². The zero-order valence-corrected chi connectivity index (χ0v) is 12.2. The van der Waals surface area contributed by atoms with Crippen LogP contribution in [-0.4, -0.2) is 34.1 Å². The number of hydrogen-bond acceptors (Lipinski definition) is 5. The molecule has 0 amide bonds. The molecule has 4 nitrogen and oxygen atoms in total. The molecule has 0 atom stereocenters. The second kappa shape index (κ2) is 6.45. The summed E-state index contributed by atoms with van der Waals surface area (Å²) < 4.78 is 13.2. The lowest BCUT2D eigenvalue weighted by atomic mass is 9.77. The minimum absolute atomic E-state index is 0.200. The first kappa shape index (κ1) is 15.1. The Morgan fingerprint density at radius 2 is 2.10 bits per heavy atom. The highest BCUT2D eigenvalue weighted by Gasteiger charge is 2.18. The lowest BCUT2D eigenvalue weighted by molar-refractivity contribution is 0.315. The average Bonchev–Trinajstić information content (AvgIpc) is 2.76. The molecule has 1 aromatic heterocycles. The summed E-state index contributed by atoms with van der Waals surface area (Å²) in [5.74, 6) is -0.477. The summed E-state index contributed by atoms with van der Waals surface area (Å²) in [6, 6.07) is 4.05. The van der Waals surface area contributed by atoms with Crippen molar-refractivity contribution in [1.29, 1.82) is 0 Å². The predicted octanol–water partition coefficient (Wildman–Crippen LogP) is 0.902. The molecule has 20 heavy (non-hydrogen) atoms. The van der Waals surface area contributed by atoms with E-state index in [-0.39, 0.29) is 5.46 Å². The lowest BCUT2D eigenvalue weighted by Gasteiger charge is -2.18. The summed E-state index contributed by atoms with van der Waals surface area (Å²) in [6.07, 6.45) is 0. The maximum atomic E-state index is 13.2. The van der Waals surface area contributed by atoms with Crippen molar-refractivity contribution in [3.63, 3.8) is 0 Å². The van der Waals surface area contributed by atoms with Crippen LogP contribution in [0.3, 0.4) is 0 Å². The molecule has 0 aliphatic rings. The molecule has 0 radical (unpaired) electrons. The van der Waals surface area contributed by atoms with Crippen LogP contribution in [0.5, 0.6) is 0 Å². The third-order valence-electron chi connectivity index (χ3n) is 2.92. The number of halogens is 1. The van der Waals surface area contributed by atoms with Gasteiger partial charge in [0.25, 0.3) is 0 Å². The van der Waals surface area contributed by atoms with Crippen molar-refractivity contribution < 1.29 is 14.4 Å². The first-order valence-electron chi connectivity index (χ1n) is 6.19. The Kier molecular flexibility index (Phi) is 4.88. The molecule has 0 aliphatic heterocycles. The first-order valence-corrected chi connectivity index (χ1v) is 7.07. The molecular weight excluding hydrogens is 278 g/mol. The fourth-order valence-corrected chi connectivity index (χ4v) is 2.66. The standard InChI is InChI=1S/C13H16BFN2O2S/c1-9-16-12(8-20-9)7-17(2)6-10-3-4-11(15)5-13(10)14(18)19/h3-5,8,18-19H,6-7H2,1-2H3. The van der Waals surface area contributed by atoms with Gasteiger partial charge in [-0.1, -0.05) is 6.07 Å². The summed E-state index contributed by atoms with van der Waals surface area (Å²) >= 11 is 1.60. The van der Waals surface area contributed by atoms with Gasteiger partial charge in [-0.2, -0.15) is 0 Å². The minimum Gasteiger partial charge on any atom is -0.423 e. The molecule has 0 aliphatic carbocycles. The maximum Gasteiger partial charge on any atom is 0.488 e. The van der Waals surface area contributed by atoms with Gasteiger partial charge in [0.1, 0.15) is 5.82 Å². The van der Waals surface area contributed by atoms with E-state index >= 15 is 0 Å². The van der Waals surface area contributed by atoms with Crippen LogP contribution in [0.1, 0.15) is 16.3 Å². The normalized spacial score (nSPS) is 11.1. The van der Waals surface area contributed by atoms with Gasteiger partial charge in [0.05, 0.1) is 10.7 Å². The van der Waals surface area contributed by atoms with Crippen molar-refractivity contribution in [2.24, 2.45) is 0 Å². The van der Waals surface area contributed by atoms with Gasteiger partial charge < -0.3 is 10.0 Å². The third kappa shape index (κ3) is 3.86. The van der Waals surface area contributed by atoms with Gasteiger partial charge in [-0.3, -0.25) is 4.90 Å². The van der Waals surface area contributed by atoms with Crippen LogP contribution < -0.4 is 5.46 Å². The van der Waals surface area contributed by atoms with Crippen LogP contribution >= 0.6 is 11.3 Å². The van der Waals surface area contributed by atoms with Crippen molar-refractivity contribution in [1.82, 2.24) is 9.88 Å². The average molecular weight is 294 g/mol. The lowest BCUT2D eigenvalue weighted by Crippen LogP contribution is -2.35. The van der Waals surface area contributed by atoms with Crippen LogP contribution in [-0.2, 0) is 13.1 Å². The van der Waals surface area contributed by atoms with E-state index in [1.165, 1.54) is 6.07 Å². The van der Waals surface area contributed by atoms with E-state index in [1.807, 2.05) is 24.3 Å². The monoisotopic (exact) mass is 294 g/mol. The van der Waals surface area contributed by atoms with Gasteiger partial charge in [0, 0.05) is 18.5 Å². The van der Waals surface area contributed by atoms with Gasteiger partial charge >= 0.3 is 7.12 Å². The van der Waals surface area contributed by atoms with Gasteiger partial charge in [0.15, 0.2) is 0 Å². The Labute approximate surface area is 121 Å². The number of aryl methyl sites for hydroxylation is 1. The predicted molar refractivity (Wildman–Crippen MR) is 78.2 cm³/mol. The molecule has 1 aromatic carbocycles. The molecule has 0 bridgehead atoms.